The fraction of sp³-hybridized carbons (Fsp3) is 0.714. The molecule has 0 spiro atoms. The molecule has 1 aliphatic heterocycles. The summed E-state index contributed by atoms with van der Waals surface area (Å²) in [6.45, 7) is 8.47. The average molecular weight is 266 g/mol. The number of carbonyl (C=O) groups excluding carboxylic acids is 2. The third kappa shape index (κ3) is 3.72. The van der Waals surface area contributed by atoms with E-state index >= 15 is 0 Å². The highest BCUT2D eigenvalue weighted by molar-refractivity contribution is 5.92. The fourth-order valence-corrected chi connectivity index (χ4v) is 2.33. The second-order valence-corrected chi connectivity index (χ2v) is 6.06. The number of rotatable bonds is 1. The first-order valence-electron chi connectivity index (χ1n) is 6.81. The van der Waals surface area contributed by atoms with E-state index in [0.717, 1.165) is 25.2 Å². The molecule has 5 heteroatoms. The van der Waals surface area contributed by atoms with Gasteiger partial charge in [0.25, 0.3) is 0 Å². The van der Waals surface area contributed by atoms with Crippen LogP contribution in [0.2, 0.25) is 0 Å². The number of piperazine rings is 1. The van der Waals surface area contributed by atoms with Gasteiger partial charge in [0.05, 0.1) is 0 Å². The Morgan fingerprint density at radius 2 is 1.79 bits per heavy atom. The van der Waals surface area contributed by atoms with Crippen LogP contribution in [-0.2, 0) is 9.53 Å². The maximum Gasteiger partial charge on any atom is 0.410 e. The molecule has 0 unspecified atom stereocenters. The number of hydrogen-bond donors (Lipinski definition) is 0. The average Bonchev–Trinajstić information content (AvgIpc) is 2.74. The minimum Gasteiger partial charge on any atom is -0.444 e. The minimum atomic E-state index is -0.450. The van der Waals surface area contributed by atoms with Crippen molar-refractivity contribution < 1.29 is 14.3 Å². The number of amides is 1. The van der Waals surface area contributed by atoms with Crippen molar-refractivity contribution in [1.82, 2.24) is 9.80 Å². The van der Waals surface area contributed by atoms with Crippen molar-refractivity contribution in [3.05, 3.63) is 11.8 Å². The molecule has 0 N–H and O–H groups in total. The van der Waals surface area contributed by atoms with Crippen LogP contribution in [0.15, 0.2) is 11.8 Å². The highest BCUT2D eigenvalue weighted by atomic mass is 16.6. The van der Waals surface area contributed by atoms with E-state index in [2.05, 4.69) is 4.90 Å². The monoisotopic (exact) mass is 266 g/mol. The van der Waals surface area contributed by atoms with Gasteiger partial charge in [-0.05, 0) is 27.2 Å². The minimum absolute atomic E-state index is 0.213. The van der Waals surface area contributed by atoms with Gasteiger partial charge in [0, 0.05) is 44.4 Å². The van der Waals surface area contributed by atoms with Crippen LogP contribution >= 0.6 is 0 Å². The molecule has 2 rings (SSSR count). The fourth-order valence-electron chi connectivity index (χ4n) is 2.33. The number of nitrogens with zero attached hydrogens (tertiary/aromatic N) is 2. The van der Waals surface area contributed by atoms with E-state index in [-0.39, 0.29) is 11.9 Å². The highest BCUT2D eigenvalue weighted by Gasteiger charge is 2.27. The van der Waals surface area contributed by atoms with Crippen molar-refractivity contribution in [2.45, 2.75) is 39.2 Å². The number of ether oxygens (including phenoxy) is 1. The zero-order valence-corrected chi connectivity index (χ0v) is 11.9. The van der Waals surface area contributed by atoms with Crippen LogP contribution in [0.3, 0.4) is 0 Å². The van der Waals surface area contributed by atoms with Crippen molar-refractivity contribution in [1.29, 1.82) is 0 Å². The Hall–Kier alpha value is -1.52. The summed E-state index contributed by atoms with van der Waals surface area (Å²) < 4.78 is 5.35. The van der Waals surface area contributed by atoms with Gasteiger partial charge in [0.1, 0.15) is 5.60 Å². The SMILES string of the molecule is CC(C)(C)OC(=O)N1CCN(C2=CC(=O)CC2)CC1. The molecule has 0 aromatic carbocycles. The summed E-state index contributed by atoms with van der Waals surface area (Å²) in [6.07, 6.45) is 2.96. The second kappa shape index (κ2) is 5.23. The first-order valence-corrected chi connectivity index (χ1v) is 6.81. The van der Waals surface area contributed by atoms with E-state index < -0.39 is 5.60 Å². The molecule has 0 atom stereocenters. The van der Waals surface area contributed by atoms with Gasteiger partial charge in [-0.15, -0.1) is 0 Å². The molecule has 19 heavy (non-hydrogen) atoms. The van der Waals surface area contributed by atoms with E-state index in [1.165, 1.54) is 0 Å². The Morgan fingerprint density at radius 1 is 1.16 bits per heavy atom. The van der Waals surface area contributed by atoms with E-state index in [4.69, 9.17) is 4.74 Å². The van der Waals surface area contributed by atoms with Crippen molar-refractivity contribution in [3.8, 4) is 0 Å². The van der Waals surface area contributed by atoms with Crippen LogP contribution < -0.4 is 0 Å². The maximum absolute atomic E-state index is 11.9. The zero-order valence-electron chi connectivity index (χ0n) is 11.9. The predicted octanol–water partition coefficient (Wildman–Crippen LogP) is 1.79. The molecule has 1 saturated heterocycles. The number of carbonyl (C=O) groups is 2. The quantitative estimate of drug-likeness (QED) is 0.726. The molecule has 1 aliphatic carbocycles. The Labute approximate surface area is 114 Å². The van der Waals surface area contributed by atoms with Crippen molar-refractivity contribution in [2.75, 3.05) is 26.2 Å². The largest absolute Gasteiger partial charge is 0.444 e. The molecular weight excluding hydrogens is 244 g/mol. The number of ketones is 1. The van der Waals surface area contributed by atoms with Crippen LogP contribution in [0.25, 0.3) is 0 Å². The molecule has 1 heterocycles. The molecule has 1 amide bonds. The summed E-state index contributed by atoms with van der Waals surface area (Å²) in [6, 6.07) is 0. The Balaban J connectivity index is 1.84. The summed E-state index contributed by atoms with van der Waals surface area (Å²) >= 11 is 0. The van der Waals surface area contributed by atoms with E-state index in [0.29, 0.717) is 19.5 Å². The molecule has 0 saturated carbocycles. The standard InChI is InChI=1S/C14H22N2O3/c1-14(2,3)19-13(18)16-8-6-15(7-9-16)11-4-5-12(17)10-11/h10H,4-9H2,1-3H3. The molecule has 1 fully saturated rings. The summed E-state index contributed by atoms with van der Waals surface area (Å²) in [4.78, 5) is 27.1. The van der Waals surface area contributed by atoms with Crippen molar-refractivity contribution in [2.24, 2.45) is 0 Å². The Morgan fingerprint density at radius 3 is 2.26 bits per heavy atom. The van der Waals surface area contributed by atoms with Gasteiger partial charge in [0.2, 0.25) is 0 Å². The Bertz CT molecular complexity index is 401. The Kier molecular flexibility index (Phi) is 3.83. The molecule has 106 valence electrons. The normalized spacial score (nSPS) is 20.6. The van der Waals surface area contributed by atoms with Gasteiger partial charge in [-0.1, -0.05) is 0 Å². The third-order valence-corrected chi connectivity index (χ3v) is 3.29. The lowest BCUT2D eigenvalue weighted by Crippen LogP contribution is -2.49. The lowest BCUT2D eigenvalue weighted by Gasteiger charge is -2.37. The summed E-state index contributed by atoms with van der Waals surface area (Å²) in [7, 11) is 0. The van der Waals surface area contributed by atoms with E-state index in [1.807, 2.05) is 20.8 Å². The smallest absolute Gasteiger partial charge is 0.410 e. The highest BCUT2D eigenvalue weighted by Crippen LogP contribution is 2.21. The lowest BCUT2D eigenvalue weighted by molar-refractivity contribution is -0.114. The molecule has 5 nitrogen and oxygen atoms in total. The molecule has 0 bridgehead atoms. The van der Waals surface area contributed by atoms with Crippen LogP contribution in [0.5, 0.6) is 0 Å². The van der Waals surface area contributed by atoms with Crippen LogP contribution in [0.4, 0.5) is 4.79 Å². The predicted molar refractivity (Wildman–Crippen MR) is 71.7 cm³/mol. The summed E-state index contributed by atoms with van der Waals surface area (Å²) in [5.41, 5.74) is 0.670. The van der Waals surface area contributed by atoms with Gasteiger partial charge in [-0.2, -0.15) is 0 Å². The lowest BCUT2D eigenvalue weighted by atomic mass is 10.2. The molecule has 0 aromatic rings. The third-order valence-electron chi connectivity index (χ3n) is 3.29. The molecule has 0 radical (unpaired) electrons. The number of allylic oxidation sites excluding steroid dienone is 2. The van der Waals surface area contributed by atoms with Crippen LogP contribution in [-0.4, -0.2) is 53.5 Å². The van der Waals surface area contributed by atoms with E-state index in [9.17, 15) is 9.59 Å². The van der Waals surface area contributed by atoms with Gasteiger partial charge in [-0.25, -0.2) is 4.79 Å². The molecule has 2 aliphatic rings. The first kappa shape index (κ1) is 13.9. The molecular formula is C14H22N2O3. The maximum atomic E-state index is 11.9. The topological polar surface area (TPSA) is 49.9 Å². The number of hydrogen-bond acceptors (Lipinski definition) is 4. The van der Waals surface area contributed by atoms with Gasteiger partial charge < -0.3 is 14.5 Å². The molecule has 0 aromatic heterocycles. The summed E-state index contributed by atoms with van der Waals surface area (Å²) in [5, 5.41) is 0. The van der Waals surface area contributed by atoms with Crippen molar-refractivity contribution in [3.63, 3.8) is 0 Å². The van der Waals surface area contributed by atoms with Gasteiger partial charge in [0.15, 0.2) is 5.78 Å². The van der Waals surface area contributed by atoms with Gasteiger partial charge >= 0.3 is 6.09 Å². The van der Waals surface area contributed by atoms with E-state index in [1.54, 1.807) is 11.0 Å². The van der Waals surface area contributed by atoms with Crippen LogP contribution in [0.1, 0.15) is 33.6 Å². The second-order valence-electron chi connectivity index (χ2n) is 6.06. The van der Waals surface area contributed by atoms with Crippen LogP contribution in [0, 0.1) is 0 Å². The first-order chi connectivity index (χ1) is 8.85. The zero-order chi connectivity index (χ0) is 14.0. The van der Waals surface area contributed by atoms with Gasteiger partial charge in [-0.3, -0.25) is 4.79 Å². The summed E-state index contributed by atoms with van der Waals surface area (Å²) in [5.74, 6) is 0.213. The van der Waals surface area contributed by atoms with Crippen molar-refractivity contribution >= 4 is 11.9 Å².